The second-order valence-corrected chi connectivity index (χ2v) is 17.7. The van der Waals surface area contributed by atoms with Crippen molar-refractivity contribution in [2.24, 2.45) is 0 Å². The number of hydrogen-bond acceptors (Lipinski definition) is 2. The van der Waals surface area contributed by atoms with E-state index in [0.29, 0.717) is 11.8 Å². The predicted octanol–water partition coefficient (Wildman–Crippen LogP) is 8.33. The number of hydrogen-bond donors (Lipinski definition) is 0. The van der Waals surface area contributed by atoms with Crippen molar-refractivity contribution in [1.82, 2.24) is 0 Å². The molecule has 0 saturated heterocycles. The van der Waals surface area contributed by atoms with Gasteiger partial charge in [-0.05, 0) is 0 Å². The van der Waals surface area contributed by atoms with Crippen LogP contribution in [0.3, 0.4) is 0 Å². The number of rotatable bonds is 9. The van der Waals surface area contributed by atoms with E-state index in [9.17, 15) is 0 Å². The molecule has 0 aliphatic heterocycles. The van der Waals surface area contributed by atoms with E-state index in [-0.39, 0.29) is 73.4 Å². The van der Waals surface area contributed by atoms with Crippen LogP contribution >= 0.6 is 22.7 Å². The SMILES string of the molecule is C[C-](C)[C](C)([Ga])Cc1[c-]c(C(C)C)sc1-c1[c-]c(C[C](C)([Ga])[C-](C)C)c(C(C)C)s1.[Y].[Y]. The molecule has 2 rings (SSSR count). The van der Waals surface area contributed by atoms with Crippen molar-refractivity contribution in [2.45, 2.75) is 102 Å². The third-order valence-corrected chi connectivity index (χ3v) is 12.5. The van der Waals surface area contributed by atoms with Gasteiger partial charge in [-0.2, -0.15) is 0 Å². The summed E-state index contributed by atoms with van der Waals surface area (Å²) in [7, 11) is 0. The van der Waals surface area contributed by atoms with Gasteiger partial charge in [0, 0.05) is 65.4 Å². The third kappa shape index (κ3) is 9.02. The molecule has 0 N–H and O–H groups in total. The average molecular weight is 730 g/mol. The van der Waals surface area contributed by atoms with Gasteiger partial charge in [-0.3, -0.25) is 0 Å². The quantitative estimate of drug-likeness (QED) is 0.180. The summed E-state index contributed by atoms with van der Waals surface area (Å²) in [5.41, 5.74) is 2.84. The molecular weight excluding hydrogens is 694 g/mol. The van der Waals surface area contributed by atoms with Crippen LogP contribution in [0.5, 0.6) is 0 Å². The van der Waals surface area contributed by atoms with Crippen LogP contribution in [0.4, 0.5) is 0 Å². The molecule has 2 aromatic heterocycles. The molecule has 0 spiro atoms. The van der Waals surface area contributed by atoms with Gasteiger partial charge in [0.2, 0.25) is 0 Å². The summed E-state index contributed by atoms with van der Waals surface area (Å²) < 4.78 is 0.505. The van der Waals surface area contributed by atoms with Crippen LogP contribution in [0.2, 0.25) is 7.94 Å². The van der Waals surface area contributed by atoms with Crippen molar-refractivity contribution in [2.75, 3.05) is 0 Å². The summed E-state index contributed by atoms with van der Waals surface area (Å²) in [5.74, 6) is 4.09. The summed E-state index contributed by atoms with van der Waals surface area (Å²) in [6.45, 7) is 23.1. The standard InChI is InChI=1S/C26H36S2.2Ga.2Y/c1-15(2)19(9)11-21-14-24(28-25(21)18(7)8)26-22(12-20(10)16(3)4)13-23(27-26)17(5)6;;;;/h17-18H,11-12H2,1-10H3;;;;/q-4;;;;. The Kier molecular flexibility index (Phi) is 15.4. The monoisotopic (exact) mass is 728 g/mol. The van der Waals surface area contributed by atoms with Crippen LogP contribution in [0.25, 0.3) is 9.75 Å². The molecule has 0 fully saturated rings. The normalized spacial score (nSPS) is 15.6. The van der Waals surface area contributed by atoms with Gasteiger partial charge in [-0.1, -0.05) is 0 Å². The van der Waals surface area contributed by atoms with Crippen molar-refractivity contribution in [1.29, 1.82) is 0 Å². The molecule has 0 aliphatic rings. The zero-order valence-corrected chi connectivity index (χ0v) is 33.8. The van der Waals surface area contributed by atoms with Crippen LogP contribution < -0.4 is 0 Å². The Morgan fingerprint density at radius 1 is 0.781 bits per heavy atom. The van der Waals surface area contributed by atoms with E-state index in [2.05, 4.69) is 81.4 Å². The fourth-order valence-electron chi connectivity index (χ4n) is 3.16. The van der Waals surface area contributed by atoms with Gasteiger partial charge in [-0.25, -0.2) is 0 Å². The van der Waals surface area contributed by atoms with Gasteiger partial charge in [0.05, 0.1) is 0 Å². The first-order valence-electron chi connectivity index (χ1n) is 10.9. The van der Waals surface area contributed by atoms with Crippen LogP contribution in [0, 0.1) is 24.0 Å². The molecule has 0 bridgehead atoms. The Balaban J connectivity index is 0.00000480. The van der Waals surface area contributed by atoms with Crippen molar-refractivity contribution < 1.29 is 65.4 Å². The van der Waals surface area contributed by atoms with Crippen molar-refractivity contribution in [3.05, 3.63) is 44.8 Å². The fourth-order valence-corrected chi connectivity index (χ4v) is 6.38. The maximum absolute atomic E-state index is 3.90. The summed E-state index contributed by atoms with van der Waals surface area (Å²) >= 11 is 7.58. The minimum Gasteiger partial charge on any atom is 0 e. The summed E-state index contributed by atoms with van der Waals surface area (Å²) in [6.07, 6.45) is 2.17. The first-order valence-corrected chi connectivity index (χ1v) is 15.0. The predicted molar refractivity (Wildman–Crippen MR) is 138 cm³/mol. The first-order chi connectivity index (χ1) is 13.7. The van der Waals surface area contributed by atoms with Gasteiger partial charge in [-0.15, -0.1) is 0 Å². The van der Waals surface area contributed by atoms with E-state index in [1.54, 1.807) is 0 Å². The van der Waals surface area contributed by atoms with E-state index >= 15 is 0 Å². The van der Waals surface area contributed by atoms with Crippen LogP contribution in [-0.4, -0.2) is 37.2 Å². The van der Waals surface area contributed by atoms with E-state index in [0.717, 1.165) is 12.8 Å². The van der Waals surface area contributed by atoms with Crippen molar-refractivity contribution in [3.63, 3.8) is 0 Å². The summed E-state index contributed by atoms with van der Waals surface area (Å²) in [6, 6.07) is 7.72. The van der Waals surface area contributed by atoms with Crippen LogP contribution in [0.1, 0.15) is 102 Å². The van der Waals surface area contributed by atoms with Gasteiger partial charge < -0.3 is 0 Å². The molecule has 2 atom stereocenters. The van der Waals surface area contributed by atoms with Gasteiger partial charge >= 0.3 is 216 Å². The van der Waals surface area contributed by atoms with E-state index < -0.39 is 0 Å². The van der Waals surface area contributed by atoms with Crippen LogP contribution in [0.15, 0.2) is 0 Å². The molecule has 0 amide bonds. The van der Waals surface area contributed by atoms with Crippen molar-refractivity contribution >= 4 is 59.9 Å². The Hall–Kier alpha value is 2.88. The molecule has 0 saturated carbocycles. The topological polar surface area (TPSA) is 0 Å². The molecule has 0 nitrogen and oxygen atoms in total. The van der Waals surface area contributed by atoms with Crippen LogP contribution in [-0.2, 0) is 78.3 Å². The molecule has 32 heavy (non-hydrogen) atoms. The van der Waals surface area contributed by atoms with E-state index in [1.807, 2.05) is 59.9 Å². The zero-order chi connectivity index (χ0) is 23.0. The van der Waals surface area contributed by atoms with Gasteiger partial charge in [0.25, 0.3) is 0 Å². The smallest absolute Gasteiger partial charge is 0 e. The van der Waals surface area contributed by atoms with E-state index in [1.165, 1.54) is 42.5 Å². The summed E-state index contributed by atoms with van der Waals surface area (Å²) in [5, 5.41) is 0. The van der Waals surface area contributed by atoms with Crippen molar-refractivity contribution in [3.8, 4) is 9.75 Å². The molecule has 0 aromatic carbocycles. The molecule has 6 radical (unpaired) electrons. The minimum absolute atomic E-state index is 0. The average Bonchev–Trinajstić information content (AvgIpc) is 3.18. The molecule has 168 valence electrons. The van der Waals surface area contributed by atoms with Gasteiger partial charge in [0.1, 0.15) is 0 Å². The maximum atomic E-state index is 3.90. The Bertz CT molecular complexity index is 846. The number of thiophene rings is 2. The molecule has 2 unspecified atom stereocenters. The Morgan fingerprint density at radius 2 is 1.25 bits per heavy atom. The minimum atomic E-state index is 0. The summed E-state index contributed by atoms with van der Waals surface area (Å²) in [4.78, 5) is 5.66. The molecular formula is C26H36Ga2S2Y2-4. The maximum Gasteiger partial charge on any atom is 0 e. The third-order valence-electron chi connectivity index (χ3n) is 6.16. The molecule has 0 aliphatic carbocycles. The first kappa shape index (κ1) is 34.9. The van der Waals surface area contributed by atoms with E-state index in [4.69, 9.17) is 0 Å². The fraction of sp³-hybridized carbons (Fsp3) is 0.615. The second kappa shape index (κ2) is 14.1. The second-order valence-electron chi connectivity index (χ2n) is 10.3. The largest absolute Gasteiger partial charge is 0 e. The van der Waals surface area contributed by atoms with Gasteiger partial charge in [0.15, 0.2) is 0 Å². The molecule has 6 heteroatoms. The Morgan fingerprint density at radius 3 is 1.66 bits per heavy atom. The zero-order valence-electron chi connectivity index (χ0n) is 21.7. The Labute approximate surface area is 277 Å². The molecule has 2 heterocycles. The molecule has 2 aromatic rings.